The molecule has 0 spiro atoms. The van der Waals surface area contributed by atoms with Gasteiger partial charge in [0.05, 0.1) is 16.8 Å². The van der Waals surface area contributed by atoms with Crippen LogP contribution in [0.25, 0.3) is 11.4 Å². The van der Waals surface area contributed by atoms with E-state index in [1.165, 1.54) is 11.1 Å². The van der Waals surface area contributed by atoms with E-state index < -0.39 is 0 Å². The molecule has 100 valence electrons. The van der Waals surface area contributed by atoms with Crippen molar-refractivity contribution in [3.8, 4) is 11.4 Å². The van der Waals surface area contributed by atoms with Gasteiger partial charge in [-0.15, -0.1) is 0 Å². The molecule has 0 radical (unpaired) electrons. The number of methoxy groups -OCH3 is 1. The summed E-state index contributed by atoms with van der Waals surface area (Å²) in [5.74, 6) is 0.618. The molecule has 0 amide bonds. The molecule has 2 rings (SSSR count). The molecule has 0 bridgehead atoms. The Morgan fingerprint density at radius 1 is 1.16 bits per heavy atom. The van der Waals surface area contributed by atoms with Gasteiger partial charge in [0.25, 0.3) is 0 Å². The summed E-state index contributed by atoms with van der Waals surface area (Å²) in [5.41, 5.74) is 4.05. The molecule has 0 aliphatic rings. The maximum absolute atomic E-state index is 6.13. The normalized spacial score (nSPS) is 10.8. The second-order valence-electron chi connectivity index (χ2n) is 4.41. The Hall–Kier alpha value is -0.970. The van der Waals surface area contributed by atoms with E-state index in [9.17, 15) is 0 Å². The number of ether oxygens (including phenoxy) is 1. The van der Waals surface area contributed by atoms with Crippen LogP contribution in [0, 0.1) is 13.8 Å². The predicted molar refractivity (Wildman–Crippen MR) is 80.4 cm³/mol. The second kappa shape index (κ2) is 5.99. The van der Waals surface area contributed by atoms with Crippen molar-refractivity contribution in [2.24, 2.45) is 0 Å². The molecule has 0 aliphatic heterocycles. The van der Waals surface area contributed by atoms with Crippen molar-refractivity contribution in [2.75, 3.05) is 7.11 Å². The van der Waals surface area contributed by atoms with Gasteiger partial charge in [-0.1, -0.05) is 28.8 Å². The smallest absolute Gasteiger partial charge is 0.161 e. The highest BCUT2D eigenvalue weighted by atomic mass is 79.9. The van der Waals surface area contributed by atoms with E-state index in [-0.39, 0.29) is 0 Å². The first kappa shape index (κ1) is 14.4. The summed E-state index contributed by atoms with van der Waals surface area (Å²) in [6.07, 6.45) is 0. The molecule has 0 unspecified atom stereocenters. The highest BCUT2D eigenvalue weighted by Gasteiger charge is 2.12. The third-order valence-corrected chi connectivity index (χ3v) is 3.98. The molecule has 1 aromatic carbocycles. The molecule has 2 aromatic rings. The van der Waals surface area contributed by atoms with Crippen molar-refractivity contribution >= 4 is 27.5 Å². The highest BCUT2D eigenvalue weighted by Crippen LogP contribution is 2.28. The number of benzene rings is 1. The van der Waals surface area contributed by atoms with Crippen LogP contribution in [0.3, 0.4) is 0 Å². The van der Waals surface area contributed by atoms with E-state index in [1.54, 1.807) is 7.11 Å². The zero-order valence-corrected chi connectivity index (χ0v) is 13.3. The topological polar surface area (TPSA) is 35.0 Å². The zero-order chi connectivity index (χ0) is 14.0. The molecule has 0 saturated heterocycles. The molecule has 1 aromatic heterocycles. The summed E-state index contributed by atoms with van der Waals surface area (Å²) in [5, 5.41) is 0.399. The number of nitrogens with zero attached hydrogens (tertiary/aromatic N) is 2. The van der Waals surface area contributed by atoms with E-state index in [1.807, 2.05) is 26.0 Å². The molecule has 0 atom stereocenters. The first-order valence-corrected chi connectivity index (χ1v) is 6.98. The number of halogens is 2. The van der Waals surface area contributed by atoms with Crippen LogP contribution < -0.4 is 0 Å². The Morgan fingerprint density at radius 2 is 1.79 bits per heavy atom. The number of hydrogen-bond donors (Lipinski definition) is 0. The fourth-order valence-corrected chi connectivity index (χ4v) is 2.41. The van der Waals surface area contributed by atoms with Gasteiger partial charge in [-0.25, -0.2) is 9.97 Å². The van der Waals surface area contributed by atoms with Crippen molar-refractivity contribution < 1.29 is 4.74 Å². The van der Waals surface area contributed by atoms with Crippen molar-refractivity contribution in [2.45, 2.75) is 20.5 Å². The molecule has 3 nitrogen and oxygen atoms in total. The lowest BCUT2D eigenvalue weighted by Crippen LogP contribution is -2.00. The van der Waals surface area contributed by atoms with Crippen LogP contribution in [0.2, 0.25) is 5.15 Å². The minimum absolute atomic E-state index is 0.390. The van der Waals surface area contributed by atoms with Crippen LogP contribution in [0.1, 0.15) is 16.8 Å². The van der Waals surface area contributed by atoms with Gasteiger partial charge >= 0.3 is 0 Å². The Labute approximate surface area is 126 Å². The largest absolute Gasteiger partial charge is 0.378 e. The summed E-state index contributed by atoms with van der Waals surface area (Å²) < 4.78 is 5.81. The van der Waals surface area contributed by atoms with Gasteiger partial charge in [-0.05, 0) is 41.9 Å². The third-order valence-electron chi connectivity index (χ3n) is 2.64. The van der Waals surface area contributed by atoms with Gasteiger partial charge in [-0.2, -0.15) is 0 Å². The van der Waals surface area contributed by atoms with Gasteiger partial charge in [-0.3, -0.25) is 0 Å². The fraction of sp³-hybridized carbons (Fsp3) is 0.286. The van der Waals surface area contributed by atoms with Crippen molar-refractivity contribution in [1.29, 1.82) is 0 Å². The van der Waals surface area contributed by atoms with Gasteiger partial charge in [0.1, 0.15) is 5.15 Å². The molecule has 5 heteroatoms. The molecule has 19 heavy (non-hydrogen) atoms. The number of hydrogen-bond acceptors (Lipinski definition) is 3. The van der Waals surface area contributed by atoms with Crippen molar-refractivity contribution in [3.05, 3.63) is 44.6 Å². The van der Waals surface area contributed by atoms with Crippen molar-refractivity contribution in [3.63, 3.8) is 0 Å². The van der Waals surface area contributed by atoms with E-state index in [0.717, 1.165) is 11.3 Å². The Bertz CT molecular complexity index is 596. The lowest BCUT2D eigenvalue weighted by molar-refractivity contribution is 0.181. The maximum atomic E-state index is 6.13. The Morgan fingerprint density at radius 3 is 2.37 bits per heavy atom. The average molecular weight is 342 g/mol. The van der Waals surface area contributed by atoms with Gasteiger partial charge < -0.3 is 4.74 Å². The molecular formula is C14H14BrClN2O. The average Bonchev–Trinajstić information content (AvgIpc) is 2.33. The van der Waals surface area contributed by atoms with Crippen LogP contribution in [0.4, 0.5) is 0 Å². The first-order valence-electron chi connectivity index (χ1n) is 5.80. The maximum Gasteiger partial charge on any atom is 0.161 e. The highest BCUT2D eigenvalue weighted by molar-refractivity contribution is 9.10. The van der Waals surface area contributed by atoms with Crippen LogP contribution in [0.5, 0.6) is 0 Å². The van der Waals surface area contributed by atoms with E-state index in [2.05, 4.69) is 32.0 Å². The number of rotatable bonds is 3. The second-order valence-corrected chi connectivity index (χ2v) is 5.56. The summed E-state index contributed by atoms with van der Waals surface area (Å²) in [7, 11) is 1.62. The molecule has 0 saturated carbocycles. The molecule has 0 fully saturated rings. The summed E-state index contributed by atoms with van der Waals surface area (Å²) >= 11 is 9.51. The van der Waals surface area contributed by atoms with Crippen LogP contribution in [-0.4, -0.2) is 17.1 Å². The SMILES string of the molecule is COCc1nc(-c2cc(C)cc(C)c2)nc(Cl)c1Br. The monoisotopic (exact) mass is 340 g/mol. The minimum Gasteiger partial charge on any atom is -0.378 e. The summed E-state index contributed by atoms with van der Waals surface area (Å²) in [4.78, 5) is 8.83. The zero-order valence-electron chi connectivity index (χ0n) is 11.0. The summed E-state index contributed by atoms with van der Waals surface area (Å²) in [6.45, 7) is 4.49. The molecule has 1 heterocycles. The molecule has 0 N–H and O–H groups in total. The first-order chi connectivity index (χ1) is 9.01. The van der Waals surface area contributed by atoms with E-state index in [4.69, 9.17) is 16.3 Å². The third kappa shape index (κ3) is 3.32. The lowest BCUT2D eigenvalue weighted by atomic mass is 10.1. The Kier molecular flexibility index (Phi) is 4.55. The minimum atomic E-state index is 0.390. The Balaban J connectivity index is 2.55. The standard InChI is InChI=1S/C14H14BrClN2O/c1-8-4-9(2)6-10(5-8)14-17-11(7-19-3)12(15)13(16)18-14/h4-6H,7H2,1-3H3. The van der Waals surface area contributed by atoms with Gasteiger partial charge in [0, 0.05) is 12.7 Å². The van der Waals surface area contributed by atoms with Crippen LogP contribution >= 0.6 is 27.5 Å². The van der Waals surface area contributed by atoms with Gasteiger partial charge in [0.15, 0.2) is 5.82 Å². The fourth-order valence-electron chi connectivity index (χ4n) is 1.93. The lowest BCUT2D eigenvalue weighted by Gasteiger charge is -2.09. The quantitative estimate of drug-likeness (QED) is 0.780. The van der Waals surface area contributed by atoms with Crippen LogP contribution in [0.15, 0.2) is 22.7 Å². The molecule has 0 aliphatic carbocycles. The van der Waals surface area contributed by atoms with E-state index in [0.29, 0.717) is 22.1 Å². The van der Waals surface area contributed by atoms with Gasteiger partial charge in [0.2, 0.25) is 0 Å². The predicted octanol–water partition coefficient (Wildman–Crippen LogP) is 4.32. The number of aromatic nitrogens is 2. The number of aryl methyl sites for hydroxylation is 2. The molecular weight excluding hydrogens is 328 g/mol. The van der Waals surface area contributed by atoms with E-state index >= 15 is 0 Å². The summed E-state index contributed by atoms with van der Waals surface area (Å²) in [6, 6.07) is 6.20. The van der Waals surface area contributed by atoms with Crippen molar-refractivity contribution in [1.82, 2.24) is 9.97 Å². The van der Waals surface area contributed by atoms with Crippen LogP contribution in [-0.2, 0) is 11.3 Å².